The molecular weight excluding hydrogens is 430 g/mol. The van der Waals surface area contributed by atoms with Gasteiger partial charge < -0.3 is 0 Å². The maximum absolute atomic E-state index is 13.3. The fourth-order valence-corrected chi connectivity index (χ4v) is 6.42. The SMILES string of the molecule is C[C@@H]1CCc2c(c3ccccc3n2C(=O)CSc2nn(-c3ccccc3)c(=S)s2)C1. The second kappa shape index (κ2) is 8.13. The molecule has 5 rings (SSSR count). The van der Waals surface area contributed by atoms with Gasteiger partial charge in [0.15, 0.2) is 8.29 Å². The molecule has 0 bridgehead atoms. The van der Waals surface area contributed by atoms with Crippen molar-refractivity contribution in [3.05, 3.63) is 69.8 Å². The third-order valence-corrected chi connectivity index (χ3v) is 7.96. The highest BCUT2D eigenvalue weighted by Gasteiger charge is 2.26. The van der Waals surface area contributed by atoms with Crippen LogP contribution in [0.4, 0.5) is 0 Å². The van der Waals surface area contributed by atoms with E-state index in [2.05, 4.69) is 30.2 Å². The van der Waals surface area contributed by atoms with E-state index < -0.39 is 0 Å². The smallest absolute Gasteiger partial charge is 0.241 e. The highest BCUT2D eigenvalue weighted by Crippen LogP contribution is 2.35. The number of nitrogens with zero attached hydrogens (tertiary/aromatic N) is 3. The number of hydrogen-bond acceptors (Lipinski definition) is 5. The molecule has 2 heterocycles. The van der Waals surface area contributed by atoms with Crippen LogP contribution >= 0.6 is 35.3 Å². The molecule has 0 N–H and O–H groups in total. The van der Waals surface area contributed by atoms with Crippen LogP contribution in [0.3, 0.4) is 0 Å². The number of thioether (sulfide) groups is 1. The molecule has 0 saturated carbocycles. The van der Waals surface area contributed by atoms with Gasteiger partial charge in [-0.1, -0.05) is 66.4 Å². The zero-order valence-corrected chi connectivity index (χ0v) is 19.0. The standard InChI is InChI=1S/C23H21N3OS3/c1-15-11-12-20-18(13-15)17-9-5-6-10-19(17)25(20)21(27)14-29-22-24-26(23(28)30-22)16-7-3-2-4-8-16/h2-10,15H,11-14H2,1H3/t15-/m1/s1. The van der Waals surface area contributed by atoms with Gasteiger partial charge in [-0.05, 0) is 61.2 Å². The summed E-state index contributed by atoms with van der Waals surface area (Å²) in [5.74, 6) is 1.12. The first-order valence-corrected chi connectivity index (χ1v) is 12.3. The van der Waals surface area contributed by atoms with E-state index in [4.69, 9.17) is 12.2 Å². The lowest BCUT2D eigenvalue weighted by Crippen LogP contribution is -2.20. The molecule has 1 aliphatic rings. The highest BCUT2D eigenvalue weighted by atomic mass is 32.2. The number of fused-ring (bicyclic) bond motifs is 3. The van der Waals surface area contributed by atoms with Gasteiger partial charge in [-0.2, -0.15) is 0 Å². The second-order valence-corrected chi connectivity index (χ2v) is 10.5. The number of aromatic nitrogens is 3. The van der Waals surface area contributed by atoms with Gasteiger partial charge in [0.05, 0.1) is 17.0 Å². The molecule has 30 heavy (non-hydrogen) atoms. The Morgan fingerprint density at radius 3 is 2.80 bits per heavy atom. The van der Waals surface area contributed by atoms with E-state index in [-0.39, 0.29) is 5.91 Å². The lowest BCUT2D eigenvalue weighted by molar-refractivity contribution is 0.0943. The van der Waals surface area contributed by atoms with Gasteiger partial charge in [-0.15, -0.1) is 5.10 Å². The molecule has 0 spiro atoms. The maximum atomic E-state index is 13.3. The predicted octanol–water partition coefficient (Wildman–Crippen LogP) is 6.18. The summed E-state index contributed by atoms with van der Waals surface area (Å²) >= 11 is 8.40. The molecule has 1 aliphatic carbocycles. The van der Waals surface area contributed by atoms with Crippen LogP contribution in [0.1, 0.15) is 29.4 Å². The Morgan fingerprint density at radius 1 is 1.20 bits per heavy atom. The molecule has 0 fully saturated rings. The first-order valence-electron chi connectivity index (χ1n) is 10.0. The molecule has 0 radical (unpaired) electrons. The van der Waals surface area contributed by atoms with Gasteiger partial charge in [-0.3, -0.25) is 9.36 Å². The fourth-order valence-electron chi connectivity index (χ4n) is 4.21. The minimum atomic E-state index is 0.111. The Labute approximate surface area is 188 Å². The van der Waals surface area contributed by atoms with Crippen LogP contribution in [0.5, 0.6) is 0 Å². The first kappa shape index (κ1) is 19.7. The largest absolute Gasteiger partial charge is 0.283 e. The molecule has 152 valence electrons. The summed E-state index contributed by atoms with van der Waals surface area (Å²) in [6.45, 7) is 2.30. The van der Waals surface area contributed by atoms with Crippen molar-refractivity contribution >= 4 is 52.1 Å². The van der Waals surface area contributed by atoms with Crippen LogP contribution < -0.4 is 0 Å². The maximum Gasteiger partial charge on any atom is 0.241 e. The molecule has 0 aliphatic heterocycles. The van der Waals surface area contributed by atoms with E-state index in [1.165, 1.54) is 39.7 Å². The summed E-state index contributed by atoms with van der Waals surface area (Å²) in [6, 6.07) is 18.2. The van der Waals surface area contributed by atoms with Crippen LogP contribution in [-0.4, -0.2) is 26.0 Å². The van der Waals surface area contributed by atoms with Gasteiger partial charge in [0, 0.05) is 11.1 Å². The molecule has 0 unspecified atom stereocenters. The molecule has 1 atom stereocenters. The van der Waals surface area contributed by atoms with Crippen molar-refractivity contribution in [3.8, 4) is 5.69 Å². The summed E-state index contributed by atoms with van der Waals surface area (Å²) in [5.41, 5.74) is 4.52. The Hall–Kier alpha value is -2.22. The van der Waals surface area contributed by atoms with E-state index in [0.29, 0.717) is 15.6 Å². The van der Waals surface area contributed by atoms with Crippen LogP contribution in [0, 0.1) is 9.87 Å². The van der Waals surface area contributed by atoms with Gasteiger partial charge >= 0.3 is 0 Å². The van der Waals surface area contributed by atoms with Crippen LogP contribution in [0.15, 0.2) is 58.9 Å². The van der Waals surface area contributed by atoms with E-state index in [1.54, 1.807) is 4.68 Å². The van der Waals surface area contributed by atoms with Gasteiger partial charge in [0.1, 0.15) is 0 Å². The zero-order chi connectivity index (χ0) is 20.7. The van der Waals surface area contributed by atoms with Crippen LogP contribution in [-0.2, 0) is 12.8 Å². The Kier molecular flexibility index (Phi) is 5.35. The number of rotatable bonds is 4. The van der Waals surface area contributed by atoms with Crippen molar-refractivity contribution in [2.24, 2.45) is 5.92 Å². The minimum absolute atomic E-state index is 0.111. The van der Waals surface area contributed by atoms with E-state index in [0.717, 1.165) is 34.8 Å². The summed E-state index contributed by atoms with van der Waals surface area (Å²) in [7, 11) is 0. The van der Waals surface area contributed by atoms with Gasteiger partial charge in [0.25, 0.3) is 0 Å². The Balaban J connectivity index is 1.42. The van der Waals surface area contributed by atoms with Crippen molar-refractivity contribution in [2.45, 2.75) is 30.5 Å². The second-order valence-electron chi connectivity index (χ2n) is 7.69. The average molecular weight is 452 g/mol. The third-order valence-electron chi connectivity index (χ3n) is 5.61. The van der Waals surface area contributed by atoms with Crippen molar-refractivity contribution in [1.82, 2.24) is 14.3 Å². The van der Waals surface area contributed by atoms with E-state index in [9.17, 15) is 4.79 Å². The average Bonchev–Trinajstić information content (AvgIpc) is 3.30. The number of para-hydroxylation sites is 2. The number of benzene rings is 2. The molecule has 4 aromatic rings. The normalized spacial score (nSPS) is 16.0. The fraction of sp³-hybridized carbons (Fsp3) is 0.261. The number of carbonyl (C=O) groups is 1. The van der Waals surface area contributed by atoms with Crippen molar-refractivity contribution in [2.75, 3.05) is 5.75 Å². The van der Waals surface area contributed by atoms with E-state index >= 15 is 0 Å². The van der Waals surface area contributed by atoms with Crippen molar-refractivity contribution < 1.29 is 4.79 Å². The molecule has 4 nitrogen and oxygen atoms in total. The summed E-state index contributed by atoms with van der Waals surface area (Å²) in [4.78, 5) is 13.3. The lowest BCUT2D eigenvalue weighted by atomic mass is 9.88. The van der Waals surface area contributed by atoms with Crippen molar-refractivity contribution in [1.29, 1.82) is 0 Å². The summed E-state index contributed by atoms with van der Waals surface area (Å²) in [5, 5.41) is 5.85. The lowest BCUT2D eigenvalue weighted by Gasteiger charge is -2.20. The highest BCUT2D eigenvalue weighted by molar-refractivity contribution is 8.01. The Morgan fingerprint density at radius 2 is 1.97 bits per heavy atom. The topological polar surface area (TPSA) is 39.8 Å². The predicted molar refractivity (Wildman–Crippen MR) is 127 cm³/mol. The molecule has 2 aromatic heterocycles. The molecule has 7 heteroatoms. The summed E-state index contributed by atoms with van der Waals surface area (Å²) < 4.78 is 5.23. The van der Waals surface area contributed by atoms with E-state index in [1.807, 2.05) is 41.0 Å². The third kappa shape index (κ3) is 3.55. The van der Waals surface area contributed by atoms with Crippen molar-refractivity contribution in [3.63, 3.8) is 0 Å². The molecule has 0 saturated heterocycles. The number of carbonyl (C=O) groups excluding carboxylic acids is 1. The number of hydrogen-bond donors (Lipinski definition) is 0. The molecule has 2 aromatic carbocycles. The van der Waals surface area contributed by atoms with Gasteiger partial charge in [-0.25, -0.2) is 4.68 Å². The molecular formula is C23H21N3OS3. The Bertz CT molecular complexity index is 1290. The van der Waals surface area contributed by atoms with Crippen LogP contribution in [0.2, 0.25) is 0 Å². The quantitative estimate of drug-likeness (QED) is 0.275. The summed E-state index contributed by atoms with van der Waals surface area (Å²) in [6.07, 6.45) is 3.14. The minimum Gasteiger partial charge on any atom is -0.283 e. The zero-order valence-electron chi connectivity index (χ0n) is 16.6. The first-order chi connectivity index (χ1) is 14.6. The van der Waals surface area contributed by atoms with Gasteiger partial charge in [0.2, 0.25) is 5.91 Å². The molecule has 0 amide bonds. The van der Waals surface area contributed by atoms with Crippen LogP contribution in [0.25, 0.3) is 16.6 Å². The monoisotopic (exact) mass is 451 g/mol.